The number of nitrogens with one attached hydrogen (secondary N) is 1. The quantitative estimate of drug-likeness (QED) is 0.437. The summed E-state index contributed by atoms with van der Waals surface area (Å²) in [5.41, 5.74) is 6.42. The highest BCUT2D eigenvalue weighted by atomic mass is 32.2. The number of nitrogens with zero attached hydrogens (tertiary/aromatic N) is 1. The highest BCUT2D eigenvalue weighted by Gasteiger charge is 2.51. The van der Waals surface area contributed by atoms with Gasteiger partial charge in [-0.05, 0) is 114 Å². The Morgan fingerprint density at radius 3 is 2.47 bits per heavy atom. The molecule has 3 aromatic rings. The number of amides is 2. The fraction of sp³-hybridized carbons (Fsp3) is 0.393. The van der Waals surface area contributed by atoms with Crippen LogP contribution in [0.3, 0.4) is 0 Å². The Kier molecular flexibility index (Phi) is 4.41. The van der Waals surface area contributed by atoms with Crippen molar-refractivity contribution in [1.29, 1.82) is 0 Å². The Morgan fingerprint density at radius 1 is 1.06 bits per heavy atom. The lowest BCUT2D eigenvalue weighted by Crippen LogP contribution is -2.48. The van der Waals surface area contributed by atoms with Crippen molar-refractivity contribution in [3.05, 3.63) is 58.3 Å². The summed E-state index contributed by atoms with van der Waals surface area (Å²) in [5, 5.41) is 2.00. The van der Waals surface area contributed by atoms with E-state index in [0.29, 0.717) is 10.8 Å². The summed E-state index contributed by atoms with van der Waals surface area (Å²) in [7, 11) is 0. The first-order valence-corrected chi connectivity index (χ1v) is 13.0. The van der Waals surface area contributed by atoms with E-state index in [1.54, 1.807) is 6.08 Å². The molecule has 4 aliphatic carbocycles. The number of rotatable bonds is 3. The minimum atomic E-state index is -0.336. The monoisotopic (exact) mass is 470 g/mol. The van der Waals surface area contributed by atoms with Gasteiger partial charge >= 0.3 is 0 Å². The van der Waals surface area contributed by atoms with E-state index < -0.39 is 0 Å². The van der Waals surface area contributed by atoms with Crippen molar-refractivity contribution in [3.63, 3.8) is 0 Å². The number of imide groups is 1. The van der Waals surface area contributed by atoms with Crippen molar-refractivity contribution >= 4 is 40.1 Å². The Labute approximate surface area is 202 Å². The van der Waals surface area contributed by atoms with Gasteiger partial charge in [0.1, 0.15) is 5.52 Å². The molecule has 34 heavy (non-hydrogen) atoms. The molecule has 1 N–H and O–H groups in total. The van der Waals surface area contributed by atoms with Gasteiger partial charge in [0.15, 0.2) is 11.5 Å². The van der Waals surface area contributed by atoms with Crippen LogP contribution in [0.4, 0.5) is 4.79 Å². The number of benzene rings is 2. The Morgan fingerprint density at radius 2 is 1.79 bits per heavy atom. The van der Waals surface area contributed by atoms with Crippen molar-refractivity contribution in [2.45, 2.75) is 50.9 Å². The van der Waals surface area contributed by atoms with Gasteiger partial charge in [0.25, 0.3) is 11.1 Å². The lowest BCUT2D eigenvalue weighted by atomic mass is 9.48. The van der Waals surface area contributed by atoms with Crippen molar-refractivity contribution in [3.8, 4) is 11.1 Å². The summed E-state index contributed by atoms with van der Waals surface area (Å²) in [6.45, 7) is 1.90. The standard InChI is InChI=1S/C28H26N2O3S/c1-15-29-23-11-21(28-12-17-5-18(13-28)7-19(6-17)14-28)10-22(25(23)33-15)20-4-2-3-16(8-20)9-24-26(31)30-27(32)34-24/h2-4,8-11,17-19H,5-7,12-14H2,1H3,(H,30,31,32). The highest BCUT2D eigenvalue weighted by Crippen LogP contribution is 2.61. The second-order valence-corrected chi connectivity index (χ2v) is 11.8. The normalized spacial score (nSPS) is 31.1. The average Bonchev–Trinajstić information content (AvgIpc) is 3.32. The van der Waals surface area contributed by atoms with Crippen LogP contribution in [-0.4, -0.2) is 16.1 Å². The SMILES string of the molecule is Cc1nc2cc(C34CC5CC(CC(C5)C3)C4)cc(-c3cccc(C=C4SC(=O)NC4=O)c3)c2o1. The number of hydrogen-bond donors (Lipinski definition) is 1. The van der Waals surface area contributed by atoms with Gasteiger partial charge in [-0.25, -0.2) is 4.98 Å². The van der Waals surface area contributed by atoms with Crippen LogP contribution >= 0.6 is 11.8 Å². The molecule has 6 heteroatoms. The van der Waals surface area contributed by atoms with Crippen molar-refractivity contribution in [1.82, 2.24) is 10.3 Å². The first kappa shape index (κ1) is 20.5. The predicted octanol–water partition coefficient (Wildman–Crippen LogP) is 6.59. The van der Waals surface area contributed by atoms with Crippen LogP contribution in [0.15, 0.2) is 45.7 Å². The lowest BCUT2D eigenvalue weighted by Gasteiger charge is -2.57. The van der Waals surface area contributed by atoms with Gasteiger partial charge in [0, 0.05) is 12.5 Å². The first-order valence-electron chi connectivity index (χ1n) is 12.2. The molecule has 5 fully saturated rings. The third-order valence-electron chi connectivity index (χ3n) is 8.39. The third kappa shape index (κ3) is 3.26. The second-order valence-electron chi connectivity index (χ2n) is 10.8. The molecular formula is C28H26N2O3S. The van der Waals surface area contributed by atoms with Gasteiger partial charge in [-0.15, -0.1) is 0 Å². The number of carbonyl (C=O) groups excluding carboxylic acids is 2. The van der Waals surface area contributed by atoms with Crippen LogP contribution in [0.5, 0.6) is 0 Å². The minimum absolute atomic E-state index is 0.267. The molecule has 172 valence electrons. The van der Waals surface area contributed by atoms with E-state index >= 15 is 0 Å². The van der Waals surface area contributed by atoms with E-state index in [0.717, 1.165) is 57.3 Å². The van der Waals surface area contributed by atoms with Gasteiger partial charge in [-0.3, -0.25) is 14.9 Å². The number of thioether (sulfide) groups is 1. The molecular weight excluding hydrogens is 444 g/mol. The predicted molar refractivity (Wildman–Crippen MR) is 133 cm³/mol. The van der Waals surface area contributed by atoms with Crippen molar-refractivity contribution in [2.75, 3.05) is 0 Å². The molecule has 4 bridgehead atoms. The number of oxazole rings is 1. The number of aryl methyl sites for hydroxylation is 1. The molecule has 0 unspecified atom stereocenters. The molecule has 8 rings (SSSR count). The van der Waals surface area contributed by atoms with E-state index in [1.165, 1.54) is 44.1 Å². The number of hydrogen-bond acceptors (Lipinski definition) is 5. The van der Waals surface area contributed by atoms with E-state index in [9.17, 15) is 9.59 Å². The molecule has 5 aliphatic rings. The molecule has 2 heterocycles. The zero-order valence-corrected chi connectivity index (χ0v) is 19.9. The molecule has 1 aliphatic heterocycles. The van der Waals surface area contributed by atoms with Gasteiger partial charge in [0.05, 0.1) is 4.91 Å². The summed E-state index contributed by atoms with van der Waals surface area (Å²) in [6, 6.07) is 12.8. The summed E-state index contributed by atoms with van der Waals surface area (Å²) < 4.78 is 6.09. The maximum atomic E-state index is 12.0. The van der Waals surface area contributed by atoms with Crippen LogP contribution in [0.25, 0.3) is 28.3 Å². The van der Waals surface area contributed by atoms with Crippen molar-refractivity contribution in [2.24, 2.45) is 17.8 Å². The van der Waals surface area contributed by atoms with Crippen molar-refractivity contribution < 1.29 is 14.0 Å². The molecule has 0 atom stereocenters. The lowest BCUT2D eigenvalue weighted by molar-refractivity contribution is -0.115. The Bertz CT molecular complexity index is 1370. The fourth-order valence-corrected chi connectivity index (χ4v) is 8.18. The van der Waals surface area contributed by atoms with E-state index in [-0.39, 0.29) is 16.6 Å². The Hall–Kier alpha value is -2.86. The number of aromatic nitrogens is 1. The molecule has 1 aromatic heterocycles. The molecule has 4 saturated carbocycles. The van der Waals surface area contributed by atoms with Gasteiger partial charge < -0.3 is 4.42 Å². The minimum Gasteiger partial charge on any atom is -0.440 e. The summed E-state index contributed by atoms with van der Waals surface area (Å²) in [5.74, 6) is 2.96. The summed E-state index contributed by atoms with van der Waals surface area (Å²) in [6.07, 6.45) is 9.93. The number of fused-ring (bicyclic) bond motifs is 1. The third-order valence-corrected chi connectivity index (χ3v) is 9.20. The van der Waals surface area contributed by atoms with E-state index in [1.807, 2.05) is 19.1 Å². The highest BCUT2D eigenvalue weighted by molar-refractivity contribution is 8.18. The molecule has 2 amide bonds. The molecule has 0 radical (unpaired) electrons. The van der Waals surface area contributed by atoms with Crippen LogP contribution in [-0.2, 0) is 10.2 Å². The second kappa shape index (κ2) is 7.32. The molecule has 5 nitrogen and oxygen atoms in total. The smallest absolute Gasteiger partial charge is 0.290 e. The van der Waals surface area contributed by atoms with Crippen LogP contribution < -0.4 is 5.32 Å². The molecule has 0 spiro atoms. The maximum Gasteiger partial charge on any atom is 0.290 e. The van der Waals surface area contributed by atoms with Crippen LogP contribution in [0.2, 0.25) is 0 Å². The topological polar surface area (TPSA) is 72.2 Å². The fourth-order valence-electron chi connectivity index (χ4n) is 7.50. The molecule has 2 aromatic carbocycles. The maximum absolute atomic E-state index is 12.0. The van der Waals surface area contributed by atoms with E-state index in [2.05, 4.69) is 29.6 Å². The van der Waals surface area contributed by atoms with Gasteiger partial charge in [-0.2, -0.15) is 0 Å². The zero-order chi connectivity index (χ0) is 23.0. The first-order chi connectivity index (χ1) is 16.4. The van der Waals surface area contributed by atoms with Gasteiger partial charge in [0.2, 0.25) is 0 Å². The van der Waals surface area contributed by atoms with Gasteiger partial charge in [-0.1, -0.05) is 18.2 Å². The average molecular weight is 471 g/mol. The summed E-state index contributed by atoms with van der Waals surface area (Å²) in [4.78, 5) is 28.8. The molecule has 1 saturated heterocycles. The van der Waals surface area contributed by atoms with Crippen LogP contribution in [0.1, 0.15) is 55.5 Å². The Balaban J connectivity index is 1.35. The van der Waals surface area contributed by atoms with E-state index in [4.69, 9.17) is 9.40 Å². The number of carbonyl (C=O) groups is 2. The zero-order valence-electron chi connectivity index (χ0n) is 19.1. The largest absolute Gasteiger partial charge is 0.440 e. The van der Waals surface area contributed by atoms with Crippen LogP contribution in [0, 0.1) is 24.7 Å². The summed E-state index contributed by atoms with van der Waals surface area (Å²) >= 11 is 0.944.